The highest BCUT2D eigenvalue weighted by molar-refractivity contribution is 8.02. The lowest BCUT2D eigenvalue weighted by atomic mass is 10.1. The molecule has 1 aromatic carbocycles. The molecule has 0 aliphatic rings. The van der Waals surface area contributed by atoms with Crippen molar-refractivity contribution in [3.05, 3.63) is 29.3 Å². The molecule has 17 heavy (non-hydrogen) atoms. The van der Waals surface area contributed by atoms with E-state index in [1.807, 2.05) is 26.0 Å². The first-order valence-electron chi connectivity index (χ1n) is 4.88. The van der Waals surface area contributed by atoms with Gasteiger partial charge in [0.1, 0.15) is 6.34 Å². The van der Waals surface area contributed by atoms with Crippen molar-refractivity contribution in [3.8, 4) is 0 Å². The van der Waals surface area contributed by atoms with Crippen molar-refractivity contribution in [1.29, 1.82) is 0 Å². The minimum atomic E-state index is -1.37. The third-order valence-electron chi connectivity index (χ3n) is 1.96. The summed E-state index contributed by atoms with van der Waals surface area (Å²) in [7, 11) is 1.78. The molecule has 0 bridgehead atoms. The fourth-order valence-corrected chi connectivity index (χ4v) is 2.68. The number of hydrogen-bond acceptors (Lipinski definition) is 2. The summed E-state index contributed by atoms with van der Waals surface area (Å²) in [5, 5.41) is 0. The minimum absolute atomic E-state index is 0.910. The average Bonchev–Trinajstić information content (AvgIpc) is 2.13. The SMILES string of the molecule is Cc1ccc(N=CN(C)SC(Cl)(Cl)Cl)c(C)c1. The summed E-state index contributed by atoms with van der Waals surface area (Å²) in [4.78, 5) is 4.34. The van der Waals surface area contributed by atoms with Gasteiger partial charge in [0, 0.05) is 19.0 Å². The summed E-state index contributed by atoms with van der Waals surface area (Å²) >= 11 is 18.0. The average molecular weight is 312 g/mol. The molecule has 1 aromatic rings. The molecule has 0 saturated heterocycles. The highest BCUT2D eigenvalue weighted by atomic mass is 35.6. The summed E-state index contributed by atoms with van der Waals surface area (Å²) in [6.45, 7) is 4.06. The van der Waals surface area contributed by atoms with E-state index >= 15 is 0 Å². The van der Waals surface area contributed by atoms with E-state index in [-0.39, 0.29) is 0 Å². The van der Waals surface area contributed by atoms with Crippen molar-refractivity contribution in [1.82, 2.24) is 4.31 Å². The van der Waals surface area contributed by atoms with Gasteiger partial charge in [0.05, 0.1) is 5.69 Å². The molecule has 0 aliphatic carbocycles. The number of halogens is 3. The number of aliphatic imine (C=N–C) groups is 1. The summed E-state index contributed by atoms with van der Waals surface area (Å²) in [6.07, 6.45) is 1.63. The Bertz CT molecular complexity index is 416. The van der Waals surface area contributed by atoms with E-state index in [1.165, 1.54) is 5.56 Å². The van der Waals surface area contributed by atoms with Gasteiger partial charge in [0.2, 0.25) is 0 Å². The zero-order valence-electron chi connectivity index (χ0n) is 9.75. The largest absolute Gasteiger partial charge is 0.306 e. The van der Waals surface area contributed by atoms with Crippen LogP contribution >= 0.6 is 46.8 Å². The van der Waals surface area contributed by atoms with Crippen LogP contribution < -0.4 is 0 Å². The maximum Gasteiger partial charge on any atom is 0.256 e. The molecule has 0 amide bonds. The van der Waals surface area contributed by atoms with Crippen LogP contribution in [0.25, 0.3) is 0 Å². The molecule has 0 saturated carbocycles. The summed E-state index contributed by atoms with van der Waals surface area (Å²) in [6, 6.07) is 6.06. The third-order valence-corrected chi connectivity index (χ3v) is 3.17. The summed E-state index contributed by atoms with van der Waals surface area (Å²) < 4.78 is 0.287. The topological polar surface area (TPSA) is 15.6 Å². The molecular weight excluding hydrogens is 299 g/mol. The predicted molar refractivity (Wildman–Crippen MR) is 79.7 cm³/mol. The standard InChI is InChI=1S/C11H13Cl3N2S/c1-8-4-5-10(9(2)6-8)15-7-16(3)17-11(12,13)14/h4-7H,1-3H3. The van der Waals surface area contributed by atoms with Gasteiger partial charge in [-0.1, -0.05) is 52.5 Å². The first-order valence-corrected chi connectivity index (χ1v) is 6.79. The van der Waals surface area contributed by atoms with Crippen molar-refractivity contribution in [2.45, 2.75) is 17.0 Å². The second-order valence-electron chi connectivity index (χ2n) is 3.62. The molecule has 1 rings (SSSR count). The molecule has 94 valence electrons. The normalized spacial score (nSPS) is 12.1. The van der Waals surface area contributed by atoms with Crippen molar-refractivity contribution in [2.75, 3.05) is 7.05 Å². The van der Waals surface area contributed by atoms with E-state index in [0.29, 0.717) is 0 Å². The van der Waals surface area contributed by atoms with E-state index in [2.05, 4.69) is 11.1 Å². The molecule has 2 nitrogen and oxygen atoms in total. The molecule has 0 radical (unpaired) electrons. The molecule has 0 N–H and O–H groups in total. The summed E-state index contributed by atoms with van der Waals surface area (Å²) in [5.74, 6) is 0. The number of benzene rings is 1. The van der Waals surface area contributed by atoms with Crippen molar-refractivity contribution < 1.29 is 0 Å². The predicted octanol–water partition coefficient (Wildman–Crippen LogP) is 4.87. The Morgan fingerprint density at radius 2 is 1.94 bits per heavy atom. The van der Waals surface area contributed by atoms with Crippen LogP contribution in [0.5, 0.6) is 0 Å². The molecular formula is C11H13Cl3N2S. The van der Waals surface area contributed by atoms with Gasteiger partial charge >= 0.3 is 0 Å². The van der Waals surface area contributed by atoms with E-state index in [9.17, 15) is 0 Å². The Hall–Kier alpha value is -0.0900. The molecule has 0 spiro atoms. The lowest BCUT2D eigenvalue weighted by Gasteiger charge is -2.17. The van der Waals surface area contributed by atoms with E-state index < -0.39 is 3.12 Å². The van der Waals surface area contributed by atoms with Gasteiger partial charge in [-0.05, 0) is 25.5 Å². The molecule has 0 fully saturated rings. The number of alkyl halides is 3. The number of rotatable bonds is 3. The Balaban J connectivity index is 2.70. The Morgan fingerprint density at radius 3 is 2.47 bits per heavy atom. The van der Waals surface area contributed by atoms with Crippen LogP contribution in [0, 0.1) is 13.8 Å². The van der Waals surface area contributed by atoms with Gasteiger partial charge in [-0.25, -0.2) is 4.99 Å². The first-order chi connectivity index (χ1) is 7.78. The quantitative estimate of drug-likeness (QED) is 0.342. The van der Waals surface area contributed by atoms with Crippen molar-refractivity contribution in [3.63, 3.8) is 0 Å². The van der Waals surface area contributed by atoms with Crippen LogP contribution in [0.1, 0.15) is 11.1 Å². The van der Waals surface area contributed by atoms with Crippen molar-refractivity contribution >= 4 is 58.8 Å². The Labute approximate surface area is 121 Å². The number of aryl methyl sites for hydroxylation is 2. The smallest absolute Gasteiger partial charge is 0.256 e. The molecule has 0 aliphatic heterocycles. The zero-order valence-corrected chi connectivity index (χ0v) is 12.8. The lowest BCUT2D eigenvalue weighted by Crippen LogP contribution is -2.12. The van der Waals surface area contributed by atoms with Crippen LogP contribution in [0.4, 0.5) is 5.69 Å². The number of nitrogens with zero attached hydrogens (tertiary/aromatic N) is 2. The third kappa shape index (κ3) is 5.87. The maximum absolute atomic E-state index is 5.65. The van der Waals surface area contributed by atoms with Crippen LogP contribution in [0.15, 0.2) is 23.2 Å². The van der Waals surface area contributed by atoms with Crippen LogP contribution in [0.2, 0.25) is 0 Å². The number of hydrogen-bond donors (Lipinski definition) is 0. The van der Waals surface area contributed by atoms with Gasteiger partial charge in [-0.3, -0.25) is 0 Å². The van der Waals surface area contributed by atoms with Crippen LogP contribution in [-0.4, -0.2) is 20.8 Å². The molecule has 0 atom stereocenters. The van der Waals surface area contributed by atoms with E-state index in [4.69, 9.17) is 34.8 Å². The van der Waals surface area contributed by atoms with Gasteiger partial charge in [-0.15, -0.1) is 0 Å². The summed E-state index contributed by atoms with van der Waals surface area (Å²) in [5.41, 5.74) is 3.24. The Morgan fingerprint density at radius 1 is 1.29 bits per heavy atom. The molecule has 0 unspecified atom stereocenters. The van der Waals surface area contributed by atoms with E-state index in [0.717, 1.165) is 23.2 Å². The highest BCUT2D eigenvalue weighted by Crippen LogP contribution is 2.39. The first kappa shape index (κ1) is 15.0. The maximum atomic E-state index is 5.65. The molecule has 0 heterocycles. The minimum Gasteiger partial charge on any atom is -0.306 e. The van der Waals surface area contributed by atoms with Crippen LogP contribution in [-0.2, 0) is 0 Å². The van der Waals surface area contributed by atoms with Crippen molar-refractivity contribution in [2.24, 2.45) is 4.99 Å². The fourth-order valence-electron chi connectivity index (χ4n) is 1.28. The highest BCUT2D eigenvalue weighted by Gasteiger charge is 2.22. The fraction of sp³-hybridized carbons (Fsp3) is 0.364. The van der Waals surface area contributed by atoms with Gasteiger partial charge < -0.3 is 4.31 Å². The lowest BCUT2D eigenvalue weighted by molar-refractivity contribution is 0.870. The van der Waals surface area contributed by atoms with Gasteiger partial charge in [0.15, 0.2) is 0 Å². The van der Waals surface area contributed by atoms with Crippen LogP contribution in [0.3, 0.4) is 0 Å². The molecule has 6 heteroatoms. The second kappa shape index (κ2) is 6.19. The van der Waals surface area contributed by atoms with E-state index in [1.54, 1.807) is 17.7 Å². The molecule has 0 aromatic heterocycles. The van der Waals surface area contributed by atoms with Gasteiger partial charge in [-0.2, -0.15) is 0 Å². The van der Waals surface area contributed by atoms with Gasteiger partial charge in [0.25, 0.3) is 3.12 Å². The monoisotopic (exact) mass is 310 g/mol. The second-order valence-corrected chi connectivity index (χ2v) is 7.94. The Kier molecular flexibility index (Phi) is 5.45. The zero-order chi connectivity index (χ0) is 13.1.